The van der Waals surface area contributed by atoms with Crippen LogP contribution < -0.4 is 21.1 Å². The molecule has 0 atom stereocenters. The first-order valence-electron chi connectivity index (χ1n) is 9.37. The Hall–Kier alpha value is -4.33. The van der Waals surface area contributed by atoms with Crippen molar-refractivity contribution in [2.75, 3.05) is 17.2 Å². The minimum absolute atomic E-state index is 0.237. The summed E-state index contributed by atoms with van der Waals surface area (Å²) in [5, 5.41) is 5.03. The Morgan fingerprint density at radius 3 is 1.87 bits per heavy atom. The number of esters is 1. The summed E-state index contributed by atoms with van der Waals surface area (Å²) in [5.41, 5.74) is 7.38. The Kier molecular flexibility index (Phi) is 6.85. The number of amides is 3. The molecule has 0 unspecified atom stereocenters. The highest BCUT2D eigenvalue weighted by Crippen LogP contribution is 2.23. The lowest BCUT2D eigenvalue weighted by Gasteiger charge is -2.09. The summed E-state index contributed by atoms with van der Waals surface area (Å²) in [6, 6.07) is 19.7. The Morgan fingerprint density at radius 1 is 0.774 bits per heavy atom. The lowest BCUT2D eigenvalue weighted by Crippen LogP contribution is -2.21. The van der Waals surface area contributed by atoms with Gasteiger partial charge in [-0.1, -0.05) is 17.7 Å². The van der Waals surface area contributed by atoms with Gasteiger partial charge in [0.25, 0.3) is 5.91 Å². The molecule has 0 aliphatic heterocycles. The molecule has 0 heterocycles. The minimum Gasteiger partial charge on any atom is -0.457 e. The lowest BCUT2D eigenvalue weighted by atomic mass is 10.2. The van der Waals surface area contributed by atoms with Crippen LogP contribution in [0.15, 0.2) is 72.8 Å². The van der Waals surface area contributed by atoms with Gasteiger partial charge in [-0.25, -0.2) is 9.59 Å². The molecule has 0 aromatic heterocycles. The number of benzene rings is 3. The molecule has 0 saturated carbocycles. The van der Waals surface area contributed by atoms with Crippen LogP contribution in [0.5, 0.6) is 11.5 Å². The fourth-order valence-corrected chi connectivity index (χ4v) is 2.59. The van der Waals surface area contributed by atoms with Gasteiger partial charge in [-0.3, -0.25) is 4.79 Å². The quantitative estimate of drug-likeness (QED) is 0.499. The van der Waals surface area contributed by atoms with Crippen LogP contribution in [0.25, 0.3) is 0 Å². The Balaban J connectivity index is 1.47. The zero-order valence-corrected chi connectivity index (χ0v) is 16.8. The molecule has 3 aromatic rings. The summed E-state index contributed by atoms with van der Waals surface area (Å²) in [5.74, 6) is 0.200. The van der Waals surface area contributed by atoms with E-state index < -0.39 is 24.5 Å². The number of urea groups is 1. The zero-order valence-electron chi connectivity index (χ0n) is 16.8. The van der Waals surface area contributed by atoms with E-state index >= 15 is 0 Å². The van der Waals surface area contributed by atoms with Crippen molar-refractivity contribution in [1.29, 1.82) is 0 Å². The first-order chi connectivity index (χ1) is 14.9. The van der Waals surface area contributed by atoms with Gasteiger partial charge >= 0.3 is 12.0 Å². The molecule has 158 valence electrons. The third-order valence-electron chi connectivity index (χ3n) is 4.12. The maximum atomic E-state index is 12.1. The number of anilines is 2. The number of primary amides is 1. The number of carbonyl (C=O) groups is 3. The molecule has 0 spiro atoms. The molecule has 0 radical (unpaired) electrons. The summed E-state index contributed by atoms with van der Waals surface area (Å²) < 4.78 is 10.7. The van der Waals surface area contributed by atoms with Gasteiger partial charge in [0.1, 0.15) is 11.5 Å². The highest BCUT2D eigenvalue weighted by molar-refractivity contribution is 5.96. The van der Waals surface area contributed by atoms with E-state index in [1.165, 1.54) is 24.3 Å². The Morgan fingerprint density at radius 2 is 1.29 bits per heavy atom. The number of ether oxygens (including phenoxy) is 2. The average Bonchev–Trinajstić information content (AvgIpc) is 2.75. The summed E-state index contributed by atoms with van der Waals surface area (Å²) >= 11 is 0. The van der Waals surface area contributed by atoms with Gasteiger partial charge in [0.2, 0.25) is 0 Å². The molecule has 0 aliphatic carbocycles. The number of hydrogen-bond acceptors (Lipinski definition) is 5. The highest BCUT2D eigenvalue weighted by atomic mass is 16.5. The number of aryl methyl sites for hydroxylation is 1. The van der Waals surface area contributed by atoms with Crippen LogP contribution in [0.2, 0.25) is 0 Å². The van der Waals surface area contributed by atoms with Crippen LogP contribution in [0.3, 0.4) is 0 Å². The predicted molar refractivity (Wildman–Crippen MR) is 116 cm³/mol. The third kappa shape index (κ3) is 6.60. The molecule has 0 saturated heterocycles. The van der Waals surface area contributed by atoms with E-state index in [1.54, 1.807) is 24.3 Å². The summed E-state index contributed by atoms with van der Waals surface area (Å²) in [6.45, 7) is 1.56. The second-order valence-electron chi connectivity index (χ2n) is 6.63. The molecule has 4 N–H and O–H groups in total. The predicted octanol–water partition coefficient (Wildman–Crippen LogP) is 4.07. The zero-order chi connectivity index (χ0) is 22.2. The van der Waals surface area contributed by atoms with Crippen molar-refractivity contribution >= 4 is 29.3 Å². The molecule has 0 fully saturated rings. The topological polar surface area (TPSA) is 120 Å². The molecule has 8 heteroatoms. The molecule has 8 nitrogen and oxygen atoms in total. The highest BCUT2D eigenvalue weighted by Gasteiger charge is 2.11. The molecule has 0 aliphatic rings. The van der Waals surface area contributed by atoms with Gasteiger partial charge in [0.05, 0.1) is 5.56 Å². The number of rotatable bonds is 7. The molecule has 3 rings (SSSR count). The van der Waals surface area contributed by atoms with E-state index in [0.717, 1.165) is 5.56 Å². The normalized spacial score (nSPS) is 10.1. The van der Waals surface area contributed by atoms with E-state index in [4.69, 9.17) is 15.2 Å². The standard InChI is InChI=1S/C23H21N3O5/c1-15-2-10-19(11-3-15)31-20-12-8-17(9-13-20)25-21(27)14-30-22(28)16-4-6-18(7-5-16)26-23(24)29/h2-13H,14H2,1H3,(H,25,27)(H3,24,26,29). The first kappa shape index (κ1) is 21.4. The largest absolute Gasteiger partial charge is 0.457 e. The number of carbonyl (C=O) groups excluding carboxylic acids is 3. The van der Waals surface area contributed by atoms with Gasteiger partial charge in [-0.15, -0.1) is 0 Å². The van der Waals surface area contributed by atoms with Gasteiger partial charge in [-0.05, 0) is 67.6 Å². The van der Waals surface area contributed by atoms with Gasteiger partial charge in [0.15, 0.2) is 6.61 Å². The van der Waals surface area contributed by atoms with E-state index in [9.17, 15) is 14.4 Å². The lowest BCUT2D eigenvalue weighted by molar-refractivity contribution is -0.119. The van der Waals surface area contributed by atoms with Gasteiger partial charge in [0, 0.05) is 11.4 Å². The van der Waals surface area contributed by atoms with Crippen molar-refractivity contribution < 1.29 is 23.9 Å². The van der Waals surface area contributed by atoms with Crippen molar-refractivity contribution in [2.24, 2.45) is 5.73 Å². The van der Waals surface area contributed by atoms with Crippen molar-refractivity contribution in [3.63, 3.8) is 0 Å². The van der Waals surface area contributed by atoms with Crippen molar-refractivity contribution in [3.05, 3.63) is 83.9 Å². The molecule has 31 heavy (non-hydrogen) atoms. The van der Waals surface area contributed by atoms with Crippen LogP contribution in [0, 0.1) is 6.92 Å². The first-order valence-corrected chi connectivity index (χ1v) is 9.37. The van der Waals surface area contributed by atoms with E-state index in [0.29, 0.717) is 22.9 Å². The third-order valence-corrected chi connectivity index (χ3v) is 4.12. The minimum atomic E-state index is -0.707. The van der Waals surface area contributed by atoms with Crippen LogP contribution in [-0.4, -0.2) is 24.5 Å². The summed E-state index contributed by atoms with van der Waals surface area (Å²) in [4.78, 5) is 34.9. The number of nitrogens with two attached hydrogens (primary N) is 1. The van der Waals surface area contributed by atoms with E-state index in [1.807, 2.05) is 31.2 Å². The SMILES string of the molecule is Cc1ccc(Oc2ccc(NC(=O)COC(=O)c3ccc(NC(N)=O)cc3)cc2)cc1. The second-order valence-corrected chi connectivity index (χ2v) is 6.63. The molecule has 3 amide bonds. The Labute approximate surface area is 179 Å². The molecule has 0 bridgehead atoms. The van der Waals surface area contributed by atoms with Gasteiger partial charge < -0.3 is 25.8 Å². The van der Waals surface area contributed by atoms with Crippen LogP contribution in [0.1, 0.15) is 15.9 Å². The summed E-state index contributed by atoms with van der Waals surface area (Å²) in [7, 11) is 0. The smallest absolute Gasteiger partial charge is 0.338 e. The van der Waals surface area contributed by atoms with Crippen molar-refractivity contribution in [3.8, 4) is 11.5 Å². The van der Waals surface area contributed by atoms with Crippen molar-refractivity contribution in [2.45, 2.75) is 6.92 Å². The van der Waals surface area contributed by atoms with E-state index in [-0.39, 0.29) is 5.56 Å². The second kappa shape index (κ2) is 9.93. The van der Waals surface area contributed by atoms with Crippen molar-refractivity contribution in [1.82, 2.24) is 0 Å². The van der Waals surface area contributed by atoms with Crippen LogP contribution >= 0.6 is 0 Å². The maximum Gasteiger partial charge on any atom is 0.338 e. The Bertz CT molecular complexity index is 1060. The maximum absolute atomic E-state index is 12.1. The monoisotopic (exact) mass is 419 g/mol. The van der Waals surface area contributed by atoms with E-state index in [2.05, 4.69) is 10.6 Å². The van der Waals surface area contributed by atoms with Gasteiger partial charge in [-0.2, -0.15) is 0 Å². The van der Waals surface area contributed by atoms with Crippen LogP contribution in [0.4, 0.5) is 16.2 Å². The summed E-state index contributed by atoms with van der Waals surface area (Å²) in [6.07, 6.45) is 0. The fraction of sp³-hybridized carbons (Fsp3) is 0.0870. The molecular weight excluding hydrogens is 398 g/mol. The average molecular weight is 419 g/mol. The fourth-order valence-electron chi connectivity index (χ4n) is 2.59. The number of hydrogen-bond donors (Lipinski definition) is 3. The molecule has 3 aromatic carbocycles. The van der Waals surface area contributed by atoms with Crippen LogP contribution in [-0.2, 0) is 9.53 Å². The molecular formula is C23H21N3O5. The number of nitrogens with one attached hydrogen (secondary N) is 2.